The Kier molecular flexibility index (Phi) is 5.71. The number of hydrogen-bond donors (Lipinski definition) is 1. The van der Waals surface area contributed by atoms with Crippen LogP contribution in [-0.2, 0) is 9.47 Å². The molecule has 2 atom stereocenters. The SMILES string of the molecule is CC=CCOC1C(OC(C)C)c2cc(NC)ccc2OC1(C)C. The number of anilines is 1. The maximum Gasteiger partial charge on any atom is 0.132 e. The molecular weight excluding hydrogens is 290 g/mol. The fourth-order valence-corrected chi connectivity index (χ4v) is 2.87. The Balaban J connectivity index is 2.41. The van der Waals surface area contributed by atoms with Gasteiger partial charge in [-0.2, -0.15) is 0 Å². The third-order valence-corrected chi connectivity index (χ3v) is 3.96. The maximum atomic E-state index is 6.24. The molecule has 0 aliphatic carbocycles. The van der Waals surface area contributed by atoms with Crippen LogP contribution in [0.1, 0.15) is 46.3 Å². The van der Waals surface area contributed by atoms with E-state index in [-0.39, 0.29) is 18.3 Å². The van der Waals surface area contributed by atoms with Gasteiger partial charge in [-0.1, -0.05) is 12.2 Å². The molecule has 1 heterocycles. The summed E-state index contributed by atoms with van der Waals surface area (Å²) in [5.74, 6) is 0.866. The molecule has 128 valence electrons. The molecule has 0 spiro atoms. The number of fused-ring (bicyclic) bond motifs is 1. The highest BCUT2D eigenvalue weighted by atomic mass is 16.6. The summed E-state index contributed by atoms with van der Waals surface area (Å²) < 4.78 is 18.6. The lowest BCUT2D eigenvalue weighted by atomic mass is 9.87. The topological polar surface area (TPSA) is 39.7 Å². The van der Waals surface area contributed by atoms with Crippen LogP contribution >= 0.6 is 0 Å². The molecule has 1 N–H and O–H groups in total. The lowest BCUT2D eigenvalue weighted by molar-refractivity contribution is -0.168. The van der Waals surface area contributed by atoms with Gasteiger partial charge in [0.15, 0.2) is 0 Å². The van der Waals surface area contributed by atoms with Crippen molar-refractivity contribution in [3.8, 4) is 5.75 Å². The molecule has 2 rings (SSSR count). The predicted molar refractivity (Wildman–Crippen MR) is 94.2 cm³/mol. The number of hydrogen-bond acceptors (Lipinski definition) is 4. The number of rotatable bonds is 6. The van der Waals surface area contributed by atoms with Gasteiger partial charge in [0.1, 0.15) is 23.6 Å². The average Bonchev–Trinajstić information content (AvgIpc) is 2.48. The highest BCUT2D eigenvalue weighted by Crippen LogP contribution is 2.44. The number of benzene rings is 1. The number of ether oxygens (including phenoxy) is 3. The zero-order valence-electron chi connectivity index (χ0n) is 15.1. The Hall–Kier alpha value is -1.52. The van der Waals surface area contributed by atoms with Crippen LogP contribution in [0.5, 0.6) is 5.75 Å². The first-order valence-electron chi connectivity index (χ1n) is 8.28. The van der Waals surface area contributed by atoms with Crippen molar-refractivity contribution in [2.24, 2.45) is 0 Å². The number of allylic oxidation sites excluding steroid dienone is 1. The second-order valence-corrected chi connectivity index (χ2v) is 6.64. The Morgan fingerprint density at radius 3 is 2.70 bits per heavy atom. The van der Waals surface area contributed by atoms with Gasteiger partial charge in [0.05, 0.1) is 12.7 Å². The van der Waals surface area contributed by atoms with Gasteiger partial charge >= 0.3 is 0 Å². The van der Waals surface area contributed by atoms with Gasteiger partial charge in [0.2, 0.25) is 0 Å². The van der Waals surface area contributed by atoms with Crippen LogP contribution < -0.4 is 10.1 Å². The minimum atomic E-state index is -0.463. The molecule has 1 aliphatic rings. The van der Waals surface area contributed by atoms with Crippen molar-refractivity contribution in [2.75, 3.05) is 19.0 Å². The van der Waals surface area contributed by atoms with Gasteiger partial charge in [-0.3, -0.25) is 0 Å². The second-order valence-electron chi connectivity index (χ2n) is 6.64. The molecule has 23 heavy (non-hydrogen) atoms. The molecule has 1 aliphatic heterocycles. The van der Waals surface area contributed by atoms with Crippen LogP contribution in [-0.4, -0.2) is 31.5 Å². The van der Waals surface area contributed by atoms with Crippen molar-refractivity contribution >= 4 is 5.69 Å². The summed E-state index contributed by atoms with van der Waals surface area (Å²) in [4.78, 5) is 0. The van der Waals surface area contributed by atoms with Gasteiger partial charge in [0, 0.05) is 18.3 Å². The van der Waals surface area contributed by atoms with Crippen molar-refractivity contribution in [3.05, 3.63) is 35.9 Å². The minimum Gasteiger partial charge on any atom is -0.485 e. The van der Waals surface area contributed by atoms with E-state index < -0.39 is 5.60 Å². The lowest BCUT2D eigenvalue weighted by Gasteiger charge is -2.44. The van der Waals surface area contributed by atoms with Crippen molar-refractivity contribution < 1.29 is 14.2 Å². The third-order valence-electron chi connectivity index (χ3n) is 3.96. The van der Waals surface area contributed by atoms with Crippen molar-refractivity contribution in [2.45, 2.75) is 58.5 Å². The molecule has 1 aromatic rings. The zero-order chi connectivity index (χ0) is 17.0. The minimum absolute atomic E-state index is 0.104. The highest BCUT2D eigenvalue weighted by molar-refractivity contribution is 5.53. The largest absolute Gasteiger partial charge is 0.485 e. The molecule has 0 fully saturated rings. The van der Waals surface area contributed by atoms with E-state index in [9.17, 15) is 0 Å². The van der Waals surface area contributed by atoms with Crippen LogP contribution in [0.25, 0.3) is 0 Å². The summed E-state index contributed by atoms with van der Waals surface area (Å²) in [5, 5.41) is 3.18. The Morgan fingerprint density at radius 1 is 1.35 bits per heavy atom. The second kappa shape index (κ2) is 7.37. The van der Waals surface area contributed by atoms with E-state index in [4.69, 9.17) is 14.2 Å². The van der Waals surface area contributed by atoms with E-state index in [0.29, 0.717) is 6.61 Å². The van der Waals surface area contributed by atoms with Crippen LogP contribution in [0.15, 0.2) is 30.4 Å². The van der Waals surface area contributed by atoms with Crippen LogP contribution in [0, 0.1) is 0 Å². The quantitative estimate of drug-likeness (QED) is 0.792. The zero-order valence-corrected chi connectivity index (χ0v) is 15.1. The van der Waals surface area contributed by atoms with Gasteiger partial charge in [-0.05, 0) is 52.8 Å². The maximum absolute atomic E-state index is 6.24. The molecular formula is C19H29NO3. The molecule has 0 amide bonds. The van der Waals surface area contributed by atoms with Gasteiger partial charge < -0.3 is 19.5 Å². The fourth-order valence-electron chi connectivity index (χ4n) is 2.87. The van der Waals surface area contributed by atoms with Gasteiger partial charge in [-0.25, -0.2) is 0 Å². The van der Waals surface area contributed by atoms with Gasteiger partial charge in [-0.15, -0.1) is 0 Å². The van der Waals surface area contributed by atoms with E-state index in [1.165, 1.54) is 0 Å². The smallest absolute Gasteiger partial charge is 0.132 e. The Morgan fingerprint density at radius 2 is 2.09 bits per heavy atom. The molecule has 4 nitrogen and oxygen atoms in total. The predicted octanol–water partition coefficient (Wildman–Crippen LogP) is 4.33. The normalized spacial score (nSPS) is 22.9. The van der Waals surface area contributed by atoms with Crippen LogP contribution in [0.4, 0.5) is 5.69 Å². The summed E-state index contributed by atoms with van der Waals surface area (Å²) in [7, 11) is 1.91. The lowest BCUT2D eigenvalue weighted by Crippen LogP contribution is -2.51. The fraction of sp³-hybridized carbons (Fsp3) is 0.579. The molecule has 0 bridgehead atoms. The van der Waals surface area contributed by atoms with E-state index in [2.05, 4.69) is 25.2 Å². The van der Waals surface area contributed by atoms with E-state index in [1.54, 1.807) is 0 Å². The van der Waals surface area contributed by atoms with Gasteiger partial charge in [0.25, 0.3) is 0 Å². The summed E-state index contributed by atoms with van der Waals surface area (Å²) in [6.07, 6.45) is 3.75. The van der Waals surface area contributed by atoms with E-state index in [1.807, 2.05) is 52.1 Å². The molecule has 0 saturated heterocycles. The first kappa shape index (κ1) is 17.8. The first-order valence-corrected chi connectivity index (χ1v) is 8.28. The molecule has 1 aromatic carbocycles. The molecule has 0 saturated carbocycles. The molecule has 2 unspecified atom stereocenters. The summed E-state index contributed by atoms with van der Waals surface area (Å²) in [6.45, 7) is 10.7. The van der Waals surface area contributed by atoms with Crippen molar-refractivity contribution in [1.82, 2.24) is 0 Å². The average molecular weight is 319 g/mol. The molecule has 0 aromatic heterocycles. The van der Waals surface area contributed by atoms with Crippen LogP contribution in [0.3, 0.4) is 0 Å². The Bertz CT molecular complexity index is 552. The van der Waals surface area contributed by atoms with E-state index in [0.717, 1.165) is 17.0 Å². The molecule has 0 radical (unpaired) electrons. The van der Waals surface area contributed by atoms with Crippen molar-refractivity contribution in [1.29, 1.82) is 0 Å². The van der Waals surface area contributed by atoms with Crippen molar-refractivity contribution in [3.63, 3.8) is 0 Å². The van der Waals surface area contributed by atoms with E-state index >= 15 is 0 Å². The standard InChI is InChI=1S/C19H29NO3/c1-7-8-11-21-18-17(22-13(2)3)15-12-14(20-6)9-10-16(15)23-19(18,4)5/h7-10,12-13,17-18,20H,11H2,1-6H3. The summed E-state index contributed by atoms with van der Waals surface area (Å²) in [6, 6.07) is 6.10. The monoisotopic (exact) mass is 319 g/mol. The Labute approximate surface area is 139 Å². The third kappa shape index (κ3) is 4.06. The highest BCUT2D eigenvalue weighted by Gasteiger charge is 2.45. The first-order chi connectivity index (χ1) is 10.9. The van der Waals surface area contributed by atoms with Crippen LogP contribution in [0.2, 0.25) is 0 Å². The molecule has 4 heteroatoms. The summed E-state index contributed by atoms with van der Waals surface area (Å²) >= 11 is 0. The number of nitrogens with one attached hydrogen (secondary N) is 1. The summed E-state index contributed by atoms with van der Waals surface area (Å²) in [5.41, 5.74) is 1.61.